The van der Waals surface area contributed by atoms with Crippen molar-refractivity contribution in [3.63, 3.8) is 0 Å². The Bertz CT molecular complexity index is 978. The SMILES string of the molecule is CCN(c1ccc(OC(C)C)cc1)c1ncc(C(F)(F)F)c(OCc2ccccc2)n1. The van der Waals surface area contributed by atoms with Crippen LogP contribution in [-0.2, 0) is 12.8 Å². The molecule has 0 amide bonds. The van der Waals surface area contributed by atoms with Crippen molar-refractivity contribution in [1.29, 1.82) is 0 Å². The normalized spacial score (nSPS) is 11.5. The van der Waals surface area contributed by atoms with Crippen molar-refractivity contribution >= 4 is 11.6 Å². The zero-order valence-electron chi connectivity index (χ0n) is 17.6. The molecule has 164 valence electrons. The maximum Gasteiger partial charge on any atom is 0.423 e. The summed E-state index contributed by atoms with van der Waals surface area (Å²) in [6, 6.07) is 16.2. The molecule has 0 atom stereocenters. The molecule has 3 aromatic rings. The summed E-state index contributed by atoms with van der Waals surface area (Å²) in [5.74, 6) is 0.325. The van der Waals surface area contributed by atoms with Gasteiger partial charge in [-0.15, -0.1) is 0 Å². The van der Waals surface area contributed by atoms with E-state index in [-0.39, 0.29) is 18.7 Å². The Kier molecular flexibility index (Phi) is 6.99. The van der Waals surface area contributed by atoms with E-state index in [4.69, 9.17) is 9.47 Å². The highest BCUT2D eigenvalue weighted by atomic mass is 19.4. The molecule has 5 nitrogen and oxygen atoms in total. The van der Waals surface area contributed by atoms with Crippen molar-refractivity contribution in [3.05, 3.63) is 71.9 Å². The third-order valence-electron chi connectivity index (χ3n) is 4.34. The average molecular weight is 431 g/mol. The van der Waals surface area contributed by atoms with Crippen molar-refractivity contribution in [1.82, 2.24) is 9.97 Å². The quantitative estimate of drug-likeness (QED) is 0.437. The lowest BCUT2D eigenvalue weighted by atomic mass is 10.2. The molecule has 8 heteroatoms. The summed E-state index contributed by atoms with van der Waals surface area (Å²) < 4.78 is 51.5. The molecule has 31 heavy (non-hydrogen) atoms. The van der Waals surface area contributed by atoms with E-state index < -0.39 is 17.6 Å². The molecule has 0 N–H and O–H groups in total. The molecule has 0 aliphatic carbocycles. The van der Waals surface area contributed by atoms with Crippen LogP contribution in [-0.4, -0.2) is 22.6 Å². The number of halogens is 3. The number of hydrogen-bond acceptors (Lipinski definition) is 5. The minimum absolute atomic E-state index is 0.0340. The van der Waals surface area contributed by atoms with Crippen LogP contribution < -0.4 is 14.4 Å². The van der Waals surface area contributed by atoms with E-state index >= 15 is 0 Å². The molecule has 2 aromatic carbocycles. The first kappa shape index (κ1) is 22.4. The fourth-order valence-electron chi connectivity index (χ4n) is 2.93. The number of ether oxygens (including phenoxy) is 2. The van der Waals surface area contributed by atoms with E-state index in [0.717, 1.165) is 17.4 Å². The summed E-state index contributed by atoms with van der Waals surface area (Å²) >= 11 is 0. The fourth-order valence-corrected chi connectivity index (χ4v) is 2.93. The van der Waals surface area contributed by atoms with E-state index in [0.29, 0.717) is 12.3 Å². The lowest BCUT2D eigenvalue weighted by Gasteiger charge is -2.23. The largest absolute Gasteiger partial charge is 0.491 e. The van der Waals surface area contributed by atoms with Gasteiger partial charge in [0.15, 0.2) is 0 Å². The van der Waals surface area contributed by atoms with Gasteiger partial charge in [-0.05, 0) is 50.6 Å². The molecule has 0 saturated carbocycles. The van der Waals surface area contributed by atoms with Crippen LogP contribution in [0.3, 0.4) is 0 Å². The molecule has 0 fully saturated rings. The molecule has 1 heterocycles. The summed E-state index contributed by atoms with van der Waals surface area (Å²) in [5, 5.41) is 0. The number of hydrogen-bond donors (Lipinski definition) is 0. The second kappa shape index (κ2) is 9.68. The van der Waals surface area contributed by atoms with Gasteiger partial charge in [0.2, 0.25) is 11.8 Å². The van der Waals surface area contributed by atoms with Crippen LogP contribution in [0.2, 0.25) is 0 Å². The van der Waals surface area contributed by atoms with Crippen LogP contribution in [0.1, 0.15) is 31.9 Å². The molecule has 1 aromatic heterocycles. The molecule has 0 unspecified atom stereocenters. The van der Waals surface area contributed by atoms with Crippen LogP contribution in [0.25, 0.3) is 0 Å². The summed E-state index contributed by atoms with van der Waals surface area (Å²) in [4.78, 5) is 9.78. The highest BCUT2D eigenvalue weighted by Crippen LogP contribution is 2.36. The second-order valence-corrected chi connectivity index (χ2v) is 7.07. The number of aromatic nitrogens is 2. The Morgan fingerprint density at radius 2 is 1.68 bits per heavy atom. The van der Waals surface area contributed by atoms with Gasteiger partial charge in [0.1, 0.15) is 17.9 Å². The van der Waals surface area contributed by atoms with E-state index in [2.05, 4.69) is 9.97 Å². The Morgan fingerprint density at radius 1 is 1.00 bits per heavy atom. The predicted molar refractivity (Wildman–Crippen MR) is 113 cm³/mol. The minimum Gasteiger partial charge on any atom is -0.491 e. The molecule has 0 aliphatic rings. The molecule has 0 saturated heterocycles. The predicted octanol–water partition coefficient (Wildman–Crippen LogP) is 6.02. The maximum absolute atomic E-state index is 13.5. The van der Waals surface area contributed by atoms with E-state index in [1.165, 1.54) is 0 Å². The van der Waals surface area contributed by atoms with Gasteiger partial charge in [-0.3, -0.25) is 0 Å². The van der Waals surface area contributed by atoms with Gasteiger partial charge in [0, 0.05) is 18.4 Å². The molecule has 3 rings (SSSR count). The highest BCUT2D eigenvalue weighted by molar-refractivity contribution is 5.58. The molecular formula is C23H24F3N3O2. The van der Waals surface area contributed by atoms with E-state index in [1.54, 1.807) is 41.3 Å². The van der Waals surface area contributed by atoms with E-state index in [9.17, 15) is 13.2 Å². The van der Waals surface area contributed by atoms with Gasteiger partial charge < -0.3 is 14.4 Å². The summed E-state index contributed by atoms with van der Waals surface area (Å²) in [6.07, 6.45) is -3.82. The summed E-state index contributed by atoms with van der Waals surface area (Å²) in [5.41, 5.74) is 0.458. The van der Waals surface area contributed by atoms with E-state index in [1.807, 2.05) is 39.0 Å². The summed E-state index contributed by atoms with van der Waals surface area (Å²) in [7, 11) is 0. The zero-order valence-corrected chi connectivity index (χ0v) is 17.6. The molecule has 0 spiro atoms. The number of nitrogens with zero attached hydrogens (tertiary/aromatic N) is 3. The molecule has 0 aliphatic heterocycles. The van der Waals surface area contributed by atoms with Gasteiger partial charge in [-0.1, -0.05) is 30.3 Å². The molecule has 0 radical (unpaired) electrons. The van der Waals surface area contributed by atoms with Crippen molar-refractivity contribution in [3.8, 4) is 11.6 Å². The van der Waals surface area contributed by atoms with Crippen molar-refractivity contribution in [2.45, 2.75) is 39.7 Å². The van der Waals surface area contributed by atoms with Gasteiger partial charge >= 0.3 is 6.18 Å². The Morgan fingerprint density at radius 3 is 2.26 bits per heavy atom. The summed E-state index contributed by atoms with van der Waals surface area (Å²) in [6.45, 7) is 6.14. The van der Waals surface area contributed by atoms with Gasteiger partial charge in [0.25, 0.3) is 0 Å². The first-order valence-corrected chi connectivity index (χ1v) is 9.93. The fraction of sp³-hybridized carbons (Fsp3) is 0.304. The van der Waals surface area contributed by atoms with Gasteiger partial charge in [-0.2, -0.15) is 18.2 Å². The minimum atomic E-state index is -4.63. The highest BCUT2D eigenvalue weighted by Gasteiger charge is 2.36. The Balaban J connectivity index is 1.90. The van der Waals surface area contributed by atoms with Crippen molar-refractivity contribution in [2.24, 2.45) is 0 Å². The van der Waals surface area contributed by atoms with Crippen LogP contribution >= 0.6 is 0 Å². The third-order valence-corrected chi connectivity index (χ3v) is 4.34. The molecular weight excluding hydrogens is 407 g/mol. The number of anilines is 2. The van der Waals surface area contributed by atoms with Gasteiger partial charge in [-0.25, -0.2) is 4.98 Å². The van der Waals surface area contributed by atoms with Crippen molar-refractivity contribution in [2.75, 3.05) is 11.4 Å². The third kappa shape index (κ3) is 5.87. The Labute approximate surface area is 179 Å². The Hall–Kier alpha value is -3.29. The van der Waals surface area contributed by atoms with Gasteiger partial charge in [0.05, 0.1) is 6.10 Å². The molecule has 0 bridgehead atoms. The lowest BCUT2D eigenvalue weighted by Crippen LogP contribution is -2.21. The zero-order chi connectivity index (χ0) is 22.4. The second-order valence-electron chi connectivity index (χ2n) is 7.07. The number of benzene rings is 2. The monoisotopic (exact) mass is 431 g/mol. The first-order valence-electron chi connectivity index (χ1n) is 9.93. The average Bonchev–Trinajstić information content (AvgIpc) is 2.74. The smallest absolute Gasteiger partial charge is 0.423 e. The van der Waals surface area contributed by atoms with Crippen LogP contribution in [0, 0.1) is 0 Å². The number of rotatable bonds is 8. The van der Waals surface area contributed by atoms with Crippen LogP contribution in [0.4, 0.5) is 24.8 Å². The van der Waals surface area contributed by atoms with Crippen molar-refractivity contribution < 1.29 is 22.6 Å². The maximum atomic E-state index is 13.5. The van der Waals surface area contributed by atoms with Crippen LogP contribution in [0.5, 0.6) is 11.6 Å². The topological polar surface area (TPSA) is 47.5 Å². The number of alkyl halides is 3. The standard InChI is InChI=1S/C23H24F3N3O2/c1-4-29(18-10-12-19(13-11-18)31-16(2)3)22-27-14-20(23(24,25)26)21(28-22)30-15-17-8-6-5-7-9-17/h5-14,16H,4,15H2,1-3H3. The first-order chi connectivity index (χ1) is 14.8. The van der Waals surface area contributed by atoms with Crippen LogP contribution in [0.15, 0.2) is 60.8 Å². The lowest BCUT2D eigenvalue weighted by molar-refractivity contribution is -0.139.